The number of fused-ring (bicyclic) bond motifs is 1. The van der Waals surface area contributed by atoms with Crippen LogP contribution in [0.3, 0.4) is 0 Å². The molecule has 0 bridgehead atoms. The van der Waals surface area contributed by atoms with Crippen LogP contribution in [0.2, 0.25) is 0 Å². The molecule has 1 aromatic carbocycles. The highest BCUT2D eigenvalue weighted by Crippen LogP contribution is 2.24. The van der Waals surface area contributed by atoms with Crippen molar-refractivity contribution in [2.45, 2.75) is 32.8 Å². The fourth-order valence-corrected chi connectivity index (χ4v) is 2.38. The van der Waals surface area contributed by atoms with E-state index in [0.29, 0.717) is 23.3 Å². The molecule has 1 heterocycles. The summed E-state index contributed by atoms with van der Waals surface area (Å²) in [7, 11) is 1.55. The van der Waals surface area contributed by atoms with Gasteiger partial charge < -0.3 is 19.6 Å². The number of aliphatic hydroxyl groups is 1. The Bertz CT molecular complexity index is 763. The summed E-state index contributed by atoms with van der Waals surface area (Å²) in [6, 6.07) is 5.31. The van der Waals surface area contributed by atoms with Crippen LogP contribution in [0.1, 0.15) is 24.5 Å². The van der Waals surface area contributed by atoms with Gasteiger partial charge in [-0.2, -0.15) is 0 Å². The fourth-order valence-electron chi connectivity index (χ4n) is 2.38. The smallest absolute Gasteiger partial charge is 0.339 e. The summed E-state index contributed by atoms with van der Waals surface area (Å²) in [5.74, 6) is 0.407. The largest absolute Gasteiger partial charge is 0.497 e. The molecule has 0 fully saturated rings. The highest BCUT2D eigenvalue weighted by molar-refractivity contribution is 5.82. The number of hydrogen-bond acceptors (Lipinski definition) is 5. The van der Waals surface area contributed by atoms with Crippen molar-refractivity contribution in [2.24, 2.45) is 0 Å². The summed E-state index contributed by atoms with van der Waals surface area (Å²) in [5, 5.41) is 12.6. The van der Waals surface area contributed by atoms with Crippen LogP contribution in [0, 0.1) is 6.92 Å². The zero-order chi connectivity index (χ0) is 17.0. The zero-order valence-electron chi connectivity index (χ0n) is 13.5. The number of carbonyl (C=O) groups excluding carboxylic acids is 1. The molecule has 0 aliphatic rings. The van der Waals surface area contributed by atoms with E-state index >= 15 is 0 Å². The van der Waals surface area contributed by atoms with E-state index in [1.54, 1.807) is 26.2 Å². The molecule has 0 aliphatic carbocycles. The van der Waals surface area contributed by atoms with E-state index in [0.717, 1.165) is 10.9 Å². The average Bonchev–Trinajstić information content (AvgIpc) is 2.52. The van der Waals surface area contributed by atoms with Crippen molar-refractivity contribution in [2.75, 3.05) is 13.7 Å². The number of nitrogens with one attached hydrogen (secondary N) is 1. The lowest BCUT2D eigenvalue weighted by atomic mass is 10.0. The van der Waals surface area contributed by atoms with Crippen molar-refractivity contribution in [1.29, 1.82) is 0 Å². The molecule has 0 radical (unpaired) electrons. The molecule has 2 rings (SSSR count). The minimum Gasteiger partial charge on any atom is -0.497 e. The van der Waals surface area contributed by atoms with Crippen LogP contribution in [0.4, 0.5) is 0 Å². The summed E-state index contributed by atoms with van der Waals surface area (Å²) >= 11 is 0. The first-order chi connectivity index (χ1) is 10.9. The number of methoxy groups -OCH3 is 1. The van der Waals surface area contributed by atoms with Gasteiger partial charge in [0.25, 0.3) is 0 Å². The van der Waals surface area contributed by atoms with Gasteiger partial charge in [-0.3, -0.25) is 4.79 Å². The van der Waals surface area contributed by atoms with Crippen LogP contribution >= 0.6 is 0 Å². The Morgan fingerprint density at radius 2 is 2.17 bits per heavy atom. The lowest BCUT2D eigenvalue weighted by Gasteiger charge is -2.10. The number of carbonyl (C=O) groups is 1. The standard InChI is InChI=1S/C17H21NO5/c1-10(19)9-18-16(20)7-6-14-11(2)13-5-4-12(22-3)8-15(13)23-17(14)21/h4-5,8,10,19H,6-7,9H2,1-3H3,(H,18,20)/t10-/m0/s1. The molecule has 6 heteroatoms. The maximum absolute atomic E-state index is 12.2. The average molecular weight is 319 g/mol. The van der Waals surface area contributed by atoms with Gasteiger partial charge in [0.05, 0.1) is 13.2 Å². The van der Waals surface area contributed by atoms with Crippen LogP contribution in [0.15, 0.2) is 27.4 Å². The van der Waals surface area contributed by atoms with Gasteiger partial charge in [-0.1, -0.05) is 0 Å². The summed E-state index contributed by atoms with van der Waals surface area (Å²) in [5.41, 5.74) is 1.33. The predicted molar refractivity (Wildman–Crippen MR) is 86.8 cm³/mol. The molecule has 124 valence electrons. The van der Waals surface area contributed by atoms with Crippen LogP contribution in [-0.2, 0) is 11.2 Å². The Labute approximate surface area is 134 Å². The minimum atomic E-state index is -0.596. The van der Waals surface area contributed by atoms with E-state index in [2.05, 4.69) is 5.32 Å². The first-order valence-corrected chi connectivity index (χ1v) is 7.47. The normalized spacial score (nSPS) is 12.2. The number of amides is 1. The molecular weight excluding hydrogens is 298 g/mol. The second-order valence-corrected chi connectivity index (χ2v) is 5.51. The zero-order valence-corrected chi connectivity index (χ0v) is 13.5. The Morgan fingerprint density at radius 1 is 1.43 bits per heavy atom. The summed E-state index contributed by atoms with van der Waals surface area (Å²) < 4.78 is 10.5. The van der Waals surface area contributed by atoms with Crippen molar-refractivity contribution in [3.63, 3.8) is 0 Å². The van der Waals surface area contributed by atoms with Crippen LogP contribution in [0.25, 0.3) is 11.0 Å². The topological polar surface area (TPSA) is 88.8 Å². The Hall–Kier alpha value is -2.34. The van der Waals surface area contributed by atoms with Crippen LogP contribution in [-0.4, -0.2) is 30.8 Å². The second-order valence-electron chi connectivity index (χ2n) is 5.51. The summed E-state index contributed by atoms with van der Waals surface area (Å²) in [6.07, 6.45) is -0.136. The SMILES string of the molecule is COc1ccc2c(C)c(CCC(=O)NC[C@H](C)O)c(=O)oc2c1. The fraction of sp³-hybridized carbons (Fsp3) is 0.412. The van der Waals surface area contributed by atoms with Crippen molar-refractivity contribution >= 4 is 16.9 Å². The van der Waals surface area contributed by atoms with E-state index < -0.39 is 11.7 Å². The molecule has 2 N–H and O–H groups in total. The Kier molecular flexibility index (Phi) is 5.39. The Morgan fingerprint density at radius 3 is 2.83 bits per heavy atom. The van der Waals surface area contributed by atoms with E-state index in [4.69, 9.17) is 14.3 Å². The van der Waals surface area contributed by atoms with Gasteiger partial charge in [0, 0.05) is 30.0 Å². The summed E-state index contributed by atoms with van der Waals surface area (Å²) in [4.78, 5) is 23.9. The van der Waals surface area contributed by atoms with E-state index in [1.807, 2.05) is 13.0 Å². The van der Waals surface area contributed by atoms with Crippen molar-refractivity contribution in [3.8, 4) is 5.75 Å². The third-order valence-electron chi connectivity index (χ3n) is 3.69. The van der Waals surface area contributed by atoms with Gasteiger partial charge in [0.2, 0.25) is 5.91 Å². The maximum Gasteiger partial charge on any atom is 0.339 e. The third kappa shape index (κ3) is 4.10. The van der Waals surface area contributed by atoms with E-state index in [1.165, 1.54) is 0 Å². The molecule has 6 nitrogen and oxygen atoms in total. The molecule has 2 aromatic rings. The van der Waals surface area contributed by atoms with Crippen molar-refractivity contribution in [3.05, 3.63) is 39.7 Å². The van der Waals surface area contributed by atoms with Gasteiger partial charge in [-0.05, 0) is 38.0 Å². The van der Waals surface area contributed by atoms with Crippen LogP contribution in [0.5, 0.6) is 5.75 Å². The first kappa shape index (κ1) is 17.0. The maximum atomic E-state index is 12.2. The molecule has 0 saturated carbocycles. The van der Waals surface area contributed by atoms with E-state index in [9.17, 15) is 9.59 Å². The second kappa shape index (κ2) is 7.28. The molecule has 0 saturated heterocycles. The number of rotatable bonds is 6. The molecule has 0 spiro atoms. The highest BCUT2D eigenvalue weighted by Gasteiger charge is 2.13. The highest BCUT2D eigenvalue weighted by atomic mass is 16.5. The molecule has 1 aromatic heterocycles. The predicted octanol–water partition coefficient (Wildman–Crippen LogP) is 1.54. The minimum absolute atomic E-state index is 0.167. The molecule has 1 amide bonds. The Balaban J connectivity index is 2.21. The molecule has 0 aliphatic heterocycles. The number of benzene rings is 1. The van der Waals surface area contributed by atoms with Gasteiger partial charge >= 0.3 is 5.63 Å². The quantitative estimate of drug-likeness (QED) is 0.789. The number of aliphatic hydroxyl groups excluding tert-OH is 1. The third-order valence-corrected chi connectivity index (χ3v) is 3.69. The van der Waals surface area contributed by atoms with E-state index in [-0.39, 0.29) is 18.9 Å². The summed E-state index contributed by atoms with van der Waals surface area (Å²) in [6.45, 7) is 3.63. The molecule has 0 unspecified atom stereocenters. The van der Waals surface area contributed by atoms with Crippen LogP contribution < -0.4 is 15.7 Å². The molecule has 23 heavy (non-hydrogen) atoms. The number of hydrogen-bond donors (Lipinski definition) is 2. The van der Waals surface area contributed by atoms with Gasteiger partial charge in [0.15, 0.2) is 0 Å². The van der Waals surface area contributed by atoms with Crippen molar-refractivity contribution < 1.29 is 19.1 Å². The lowest BCUT2D eigenvalue weighted by Crippen LogP contribution is -2.31. The molecule has 1 atom stereocenters. The lowest BCUT2D eigenvalue weighted by molar-refractivity contribution is -0.121. The van der Waals surface area contributed by atoms with Gasteiger partial charge in [-0.15, -0.1) is 0 Å². The van der Waals surface area contributed by atoms with Gasteiger partial charge in [0.1, 0.15) is 11.3 Å². The number of aryl methyl sites for hydroxylation is 1. The number of ether oxygens (including phenoxy) is 1. The van der Waals surface area contributed by atoms with Gasteiger partial charge in [-0.25, -0.2) is 4.79 Å². The molecular formula is C17H21NO5. The monoisotopic (exact) mass is 319 g/mol. The van der Waals surface area contributed by atoms with Crippen molar-refractivity contribution in [1.82, 2.24) is 5.32 Å². The first-order valence-electron chi connectivity index (χ1n) is 7.47.